The quantitative estimate of drug-likeness (QED) is 0.346. The molecule has 4 bridgehead atoms. The Morgan fingerprint density at radius 1 is 1.36 bits per heavy atom. The minimum Gasteiger partial charge on any atom is -0.632 e. The molecule has 1 aromatic carbocycles. The first-order chi connectivity index (χ1) is 13.4. The van der Waals surface area contributed by atoms with Crippen LogP contribution in [0.2, 0.25) is 0 Å². The van der Waals surface area contributed by atoms with Crippen molar-refractivity contribution in [2.75, 3.05) is 20.8 Å². The van der Waals surface area contributed by atoms with E-state index in [1.807, 2.05) is 19.1 Å². The highest BCUT2D eigenvalue weighted by molar-refractivity contribution is 5.88. The zero-order valence-corrected chi connectivity index (χ0v) is 16.8. The van der Waals surface area contributed by atoms with Crippen molar-refractivity contribution in [3.63, 3.8) is 0 Å². The summed E-state index contributed by atoms with van der Waals surface area (Å²) in [6, 6.07) is 5.66. The molecule has 3 fully saturated rings. The van der Waals surface area contributed by atoms with Crippen LogP contribution in [0.4, 0.5) is 0 Å². The fourth-order valence-electron chi connectivity index (χ4n) is 6.21. The van der Waals surface area contributed by atoms with Gasteiger partial charge in [0.25, 0.3) is 0 Å². The number of rotatable bonds is 2. The van der Waals surface area contributed by atoms with Gasteiger partial charge in [-0.2, -0.15) is 0 Å². The molecule has 4 aliphatic heterocycles. The predicted molar refractivity (Wildman–Crippen MR) is 106 cm³/mol. The number of nitrogens with zero attached hydrogens (tertiary/aromatic N) is 2. The van der Waals surface area contributed by atoms with Crippen molar-refractivity contribution < 1.29 is 18.9 Å². The topological polar surface area (TPSA) is 63.5 Å². The molecule has 0 unspecified atom stereocenters. The van der Waals surface area contributed by atoms with Gasteiger partial charge in [-0.15, -0.1) is 0 Å². The third-order valence-electron chi connectivity index (χ3n) is 7.45. The van der Waals surface area contributed by atoms with Gasteiger partial charge in [-0.1, -0.05) is 6.08 Å². The van der Waals surface area contributed by atoms with Crippen LogP contribution in [0.25, 0.3) is 10.9 Å². The van der Waals surface area contributed by atoms with Gasteiger partial charge >= 0.3 is 5.97 Å². The van der Waals surface area contributed by atoms with E-state index in [4.69, 9.17) is 9.47 Å². The van der Waals surface area contributed by atoms with Gasteiger partial charge in [0.1, 0.15) is 30.3 Å². The Morgan fingerprint density at radius 2 is 2.14 bits per heavy atom. The zero-order valence-electron chi connectivity index (χ0n) is 16.8. The van der Waals surface area contributed by atoms with Crippen LogP contribution < -0.4 is 4.74 Å². The van der Waals surface area contributed by atoms with E-state index in [1.54, 1.807) is 7.11 Å². The van der Waals surface area contributed by atoms with Crippen LogP contribution in [0.1, 0.15) is 30.6 Å². The van der Waals surface area contributed by atoms with Crippen molar-refractivity contribution >= 4 is 16.9 Å². The number of carbonyl (C=O) groups excluding carboxylic acids is 1. The molecule has 0 spiro atoms. The minimum absolute atomic E-state index is 0.0992. The molecular weight excluding hydrogens is 356 g/mol. The molecule has 6 rings (SSSR count). The lowest BCUT2D eigenvalue weighted by molar-refractivity contribution is -0.951. The SMILES string of the molecule is C/C=C1/C[N@@+]2([O-])[C@H]3C[C@@H]1[C@H](C(=O)OC)[C@@H]2Cc1c3n(C)c2ccc(OC)cc12. The van der Waals surface area contributed by atoms with Crippen LogP contribution in [-0.2, 0) is 23.0 Å². The van der Waals surface area contributed by atoms with E-state index in [1.165, 1.54) is 12.7 Å². The Morgan fingerprint density at radius 3 is 2.82 bits per heavy atom. The molecule has 6 nitrogen and oxygen atoms in total. The van der Waals surface area contributed by atoms with Gasteiger partial charge in [-0.25, -0.2) is 0 Å². The summed E-state index contributed by atoms with van der Waals surface area (Å²) in [4.78, 5) is 12.7. The number of hydrogen-bond acceptors (Lipinski definition) is 4. The Bertz CT molecular complexity index is 1020. The highest BCUT2D eigenvalue weighted by Crippen LogP contribution is 2.59. The zero-order chi connectivity index (χ0) is 19.8. The van der Waals surface area contributed by atoms with Crippen molar-refractivity contribution in [3.05, 3.63) is 46.3 Å². The van der Waals surface area contributed by atoms with Crippen LogP contribution in [0, 0.1) is 17.0 Å². The van der Waals surface area contributed by atoms with Gasteiger partial charge in [0.2, 0.25) is 0 Å². The molecule has 1 aromatic heterocycles. The molecule has 0 amide bonds. The van der Waals surface area contributed by atoms with E-state index in [-0.39, 0.29) is 34.5 Å². The first-order valence-corrected chi connectivity index (χ1v) is 9.91. The van der Waals surface area contributed by atoms with Crippen LogP contribution >= 0.6 is 0 Å². The average molecular weight is 382 g/mol. The second-order valence-corrected chi connectivity index (χ2v) is 8.36. The summed E-state index contributed by atoms with van der Waals surface area (Å²) >= 11 is 0. The fraction of sp³-hybridized carbons (Fsp3) is 0.500. The molecule has 5 heterocycles. The summed E-state index contributed by atoms with van der Waals surface area (Å²) in [5, 5.41) is 15.4. The molecule has 5 atom stereocenters. The lowest BCUT2D eigenvalue weighted by Crippen LogP contribution is -2.70. The summed E-state index contributed by atoms with van der Waals surface area (Å²) in [6.45, 7) is 2.45. The number of benzene rings is 1. The molecule has 4 aliphatic rings. The van der Waals surface area contributed by atoms with Crippen molar-refractivity contribution in [2.45, 2.75) is 31.8 Å². The van der Waals surface area contributed by atoms with E-state index < -0.39 is 0 Å². The maximum absolute atomic E-state index is 14.2. The Labute approximate surface area is 164 Å². The van der Waals surface area contributed by atoms with Crippen molar-refractivity contribution in [3.8, 4) is 5.75 Å². The lowest BCUT2D eigenvalue weighted by atomic mass is 9.63. The molecule has 0 radical (unpaired) electrons. The second kappa shape index (κ2) is 5.84. The molecule has 0 N–H and O–H groups in total. The molecule has 0 saturated carbocycles. The fourth-order valence-corrected chi connectivity index (χ4v) is 6.21. The summed E-state index contributed by atoms with van der Waals surface area (Å²) < 4.78 is 12.4. The third kappa shape index (κ3) is 2.02. The van der Waals surface area contributed by atoms with Crippen molar-refractivity contribution in [1.82, 2.24) is 4.57 Å². The lowest BCUT2D eigenvalue weighted by Gasteiger charge is -2.66. The molecule has 28 heavy (non-hydrogen) atoms. The summed E-state index contributed by atoms with van der Waals surface area (Å²) in [7, 11) is 5.15. The number of aromatic nitrogens is 1. The Hall–Kier alpha value is -2.31. The number of fused-ring (bicyclic) bond motifs is 4. The number of ether oxygens (including phenoxy) is 2. The van der Waals surface area contributed by atoms with Crippen LogP contribution in [0.5, 0.6) is 5.75 Å². The standard InChI is InChI=1S/C22H26N2O4/c1-5-12-11-24(26)18-10-16-15-8-13(27-3)6-7-17(15)23(2)21(16)19(24)9-14(12)20(18)22(25)28-4/h5-8,14,18-20H,9-11H2,1-4H3/b12-5-/t14-,18-,19-,20-,24-/m0/s1. The molecule has 3 saturated heterocycles. The molecular formula is C22H26N2O4. The maximum Gasteiger partial charge on any atom is 0.315 e. The molecule has 0 aliphatic carbocycles. The van der Waals surface area contributed by atoms with Crippen LogP contribution in [-0.4, -0.2) is 42.0 Å². The number of aryl methyl sites for hydroxylation is 1. The van der Waals surface area contributed by atoms with E-state index >= 15 is 0 Å². The van der Waals surface area contributed by atoms with Crippen LogP contribution in [0.3, 0.4) is 0 Å². The van der Waals surface area contributed by atoms with Gasteiger partial charge in [-0.3, -0.25) is 4.79 Å². The predicted octanol–water partition coefficient (Wildman–Crippen LogP) is 3.24. The number of carbonyl (C=O) groups is 1. The van der Waals surface area contributed by atoms with E-state index in [9.17, 15) is 10.0 Å². The smallest absolute Gasteiger partial charge is 0.315 e. The first kappa shape index (κ1) is 17.8. The normalized spacial score (nSPS) is 34.5. The summed E-state index contributed by atoms with van der Waals surface area (Å²) in [5.41, 5.74) is 4.56. The monoisotopic (exact) mass is 382 g/mol. The first-order valence-electron chi connectivity index (χ1n) is 9.91. The summed E-state index contributed by atoms with van der Waals surface area (Å²) in [6.07, 6.45) is 3.34. The number of hydroxylamine groups is 3. The number of piperidine rings is 3. The van der Waals surface area contributed by atoms with Crippen LogP contribution in [0.15, 0.2) is 29.8 Å². The maximum atomic E-state index is 14.2. The van der Waals surface area contributed by atoms with Gasteiger partial charge in [0.15, 0.2) is 0 Å². The highest BCUT2D eigenvalue weighted by atomic mass is 16.6. The van der Waals surface area contributed by atoms with E-state index in [2.05, 4.69) is 23.7 Å². The summed E-state index contributed by atoms with van der Waals surface area (Å²) in [5.74, 6) is 0.298. The Kier molecular flexibility index (Phi) is 3.71. The minimum atomic E-state index is -0.368. The van der Waals surface area contributed by atoms with Gasteiger partial charge < -0.3 is 23.9 Å². The molecule has 2 aromatic rings. The largest absolute Gasteiger partial charge is 0.632 e. The third-order valence-corrected chi connectivity index (χ3v) is 7.45. The highest BCUT2D eigenvalue weighted by Gasteiger charge is 2.62. The number of allylic oxidation sites excluding steroid dienone is 1. The number of esters is 1. The Balaban J connectivity index is 1.74. The van der Waals surface area contributed by atoms with E-state index in [0.29, 0.717) is 19.4 Å². The molecule has 148 valence electrons. The average Bonchev–Trinajstić information content (AvgIpc) is 2.97. The van der Waals surface area contributed by atoms with Gasteiger partial charge in [-0.05, 0) is 36.3 Å². The van der Waals surface area contributed by atoms with Crippen molar-refractivity contribution in [2.24, 2.45) is 18.9 Å². The second-order valence-electron chi connectivity index (χ2n) is 8.36. The van der Waals surface area contributed by atoms with E-state index in [0.717, 1.165) is 27.9 Å². The number of quaternary nitrogens is 1. The van der Waals surface area contributed by atoms with Gasteiger partial charge in [0, 0.05) is 36.7 Å². The van der Waals surface area contributed by atoms with Crippen molar-refractivity contribution in [1.29, 1.82) is 0 Å². The number of methoxy groups -OCH3 is 2. The molecule has 6 heteroatoms. The van der Waals surface area contributed by atoms with Gasteiger partial charge in [0.05, 0.1) is 19.9 Å². The number of hydrogen-bond donors (Lipinski definition) is 0.